The molecule has 2 heterocycles. The molecule has 0 aliphatic carbocycles. The molecule has 5 rings (SSSR count). The van der Waals surface area contributed by atoms with Gasteiger partial charge in [0.2, 0.25) is 5.91 Å². The molecule has 0 atom stereocenters. The van der Waals surface area contributed by atoms with Gasteiger partial charge in [-0.25, -0.2) is 14.1 Å². The largest absolute Gasteiger partial charge is 0.326 e. The number of hydrogen-bond donors (Lipinski definition) is 1. The van der Waals surface area contributed by atoms with Gasteiger partial charge in [-0.1, -0.05) is 12.1 Å². The monoisotopic (exact) mass is 489 g/mol. The molecule has 1 N–H and O–H groups in total. The zero-order valence-electron chi connectivity index (χ0n) is 17.0. The van der Waals surface area contributed by atoms with Crippen LogP contribution in [0.25, 0.3) is 33.5 Å². The number of nitrogens with zero attached hydrogens (tertiary/aromatic N) is 4. The summed E-state index contributed by atoms with van der Waals surface area (Å²) in [6, 6.07) is 17.9. The molecule has 8 heteroatoms. The Morgan fingerprint density at radius 1 is 1.00 bits per heavy atom. The summed E-state index contributed by atoms with van der Waals surface area (Å²) in [5, 5.41) is 7.16. The molecule has 0 unspecified atom stereocenters. The van der Waals surface area contributed by atoms with Crippen molar-refractivity contribution in [1.29, 1.82) is 0 Å². The van der Waals surface area contributed by atoms with Crippen molar-refractivity contribution in [1.82, 2.24) is 19.3 Å². The first-order chi connectivity index (χ1) is 15.5. The van der Waals surface area contributed by atoms with Crippen molar-refractivity contribution in [2.45, 2.75) is 6.92 Å². The van der Waals surface area contributed by atoms with Crippen molar-refractivity contribution in [2.75, 3.05) is 5.32 Å². The minimum atomic E-state index is -0.299. The van der Waals surface area contributed by atoms with E-state index in [-0.39, 0.29) is 11.7 Å². The Kier molecular flexibility index (Phi) is 5.07. The Labute approximate surface area is 191 Å². The number of hydrogen-bond acceptors (Lipinski definition) is 3. The summed E-state index contributed by atoms with van der Waals surface area (Å²) >= 11 is 3.41. The Morgan fingerprint density at radius 3 is 2.53 bits per heavy atom. The van der Waals surface area contributed by atoms with E-state index in [2.05, 4.69) is 31.3 Å². The van der Waals surface area contributed by atoms with Crippen LogP contribution in [0, 0.1) is 5.82 Å². The van der Waals surface area contributed by atoms with Crippen LogP contribution < -0.4 is 5.32 Å². The highest BCUT2D eigenvalue weighted by Crippen LogP contribution is 2.29. The number of halogens is 2. The van der Waals surface area contributed by atoms with Gasteiger partial charge in [0.1, 0.15) is 12.1 Å². The minimum absolute atomic E-state index is 0.169. The number of amides is 1. The van der Waals surface area contributed by atoms with E-state index in [4.69, 9.17) is 0 Å². The lowest BCUT2D eigenvalue weighted by atomic mass is 10.0. The fourth-order valence-corrected chi connectivity index (χ4v) is 3.91. The summed E-state index contributed by atoms with van der Waals surface area (Å²) in [5.74, 6) is -0.467. The maximum atomic E-state index is 13.4. The van der Waals surface area contributed by atoms with Crippen LogP contribution in [0.1, 0.15) is 6.92 Å². The average molecular weight is 490 g/mol. The summed E-state index contributed by atoms with van der Waals surface area (Å²) in [5.41, 5.74) is 5.78. The lowest BCUT2D eigenvalue weighted by Gasteiger charge is -2.12. The third-order valence-corrected chi connectivity index (χ3v) is 5.45. The van der Waals surface area contributed by atoms with Crippen molar-refractivity contribution in [3.05, 3.63) is 89.7 Å². The molecule has 2 aromatic heterocycles. The molecule has 0 saturated heterocycles. The van der Waals surface area contributed by atoms with E-state index in [1.807, 2.05) is 47.2 Å². The molecule has 1 amide bonds. The summed E-state index contributed by atoms with van der Waals surface area (Å²) < 4.78 is 18.0. The molecule has 158 valence electrons. The summed E-state index contributed by atoms with van der Waals surface area (Å²) in [7, 11) is 0. The number of carbonyl (C=O) groups excluding carboxylic acids is 1. The van der Waals surface area contributed by atoms with E-state index < -0.39 is 0 Å². The van der Waals surface area contributed by atoms with E-state index >= 15 is 0 Å². The van der Waals surface area contributed by atoms with E-state index in [1.54, 1.807) is 29.3 Å². The fraction of sp³-hybridized carbons (Fsp3) is 0.0417. The van der Waals surface area contributed by atoms with E-state index in [0.717, 1.165) is 38.0 Å². The van der Waals surface area contributed by atoms with E-state index in [9.17, 15) is 9.18 Å². The second-order valence-corrected chi connectivity index (χ2v) is 8.26. The molecular formula is C24H17BrFN5O. The predicted molar refractivity (Wildman–Crippen MR) is 126 cm³/mol. The molecule has 6 nitrogen and oxygen atoms in total. The van der Waals surface area contributed by atoms with Gasteiger partial charge in [0.05, 0.1) is 27.4 Å². The summed E-state index contributed by atoms with van der Waals surface area (Å²) in [4.78, 5) is 16.3. The number of aromatic nitrogens is 4. The highest BCUT2D eigenvalue weighted by atomic mass is 79.9. The van der Waals surface area contributed by atoms with E-state index in [0.29, 0.717) is 5.69 Å². The Bertz CT molecular complexity index is 1460. The lowest BCUT2D eigenvalue weighted by molar-refractivity contribution is -0.114. The molecule has 0 bridgehead atoms. The maximum absolute atomic E-state index is 13.4. The van der Waals surface area contributed by atoms with Crippen molar-refractivity contribution in [2.24, 2.45) is 0 Å². The van der Waals surface area contributed by atoms with Crippen LogP contribution in [0.3, 0.4) is 0 Å². The van der Waals surface area contributed by atoms with Gasteiger partial charge < -0.3 is 5.32 Å². The molecule has 32 heavy (non-hydrogen) atoms. The molecule has 0 saturated carbocycles. The molecule has 3 aromatic carbocycles. The van der Waals surface area contributed by atoms with Crippen molar-refractivity contribution in [3.8, 4) is 22.5 Å². The smallest absolute Gasteiger partial charge is 0.221 e. The summed E-state index contributed by atoms with van der Waals surface area (Å²) in [6.45, 7) is 1.46. The van der Waals surface area contributed by atoms with Crippen molar-refractivity contribution >= 4 is 38.6 Å². The second kappa shape index (κ2) is 8.05. The quantitative estimate of drug-likeness (QED) is 0.350. The molecule has 0 fully saturated rings. The topological polar surface area (TPSA) is 64.7 Å². The number of imidazole rings is 1. The normalized spacial score (nSPS) is 11.1. The number of carbonyl (C=O) groups is 1. The second-order valence-electron chi connectivity index (χ2n) is 7.35. The first-order valence-corrected chi connectivity index (χ1v) is 10.6. The van der Waals surface area contributed by atoms with Gasteiger partial charge in [-0.15, -0.1) is 0 Å². The van der Waals surface area contributed by atoms with Crippen molar-refractivity contribution in [3.63, 3.8) is 0 Å². The Balaban J connectivity index is 1.62. The zero-order valence-corrected chi connectivity index (χ0v) is 18.5. The summed E-state index contributed by atoms with van der Waals surface area (Å²) in [6.07, 6.45) is 5.35. The van der Waals surface area contributed by atoms with Gasteiger partial charge in [0.15, 0.2) is 0 Å². The number of benzene rings is 3. The van der Waals surface area contributed by atoms with Gasteiger partial charge in [0, 0.05) is 24.5 Å². The fourth-order valence-electron chi connectivity index (χ4n) is 3.63. The maximum Gasteiger partial charge on any atom is 0.221 e. The molecule has 0 spiro atoms. The average Bonchev–Trinajstić information content (AvgIpc) is 3.39. The third kappa shape index (κ3) is 3.92. The van der Waals surface area contributed by atoms with Crippen LogP contribution in [-0.4, -0.2) is 25.2 Å². The van der Waals surface area contributed by atoms with Crippen LogP contribution in [-0.2, 0) is 4.79 Å². The van der Waals surface area contributed by atoms with Crippen LogP contribution in [0.5, 0.6) is 0 Å². The van der Waals surface area contributed by atoms with Gasteiger partial charge in [-0.2, -0.15) is 5.10 Å². The molecule has 5 aromatic rings. The zero-order chi connectivity index (χ0) is 22.2. The van der Waals surface area contributed by atoms with Crippen LogP contribution >= 0.6 is 15.9 Å². The number of rotatable bonds is 4. The van der Waals surface area contributed by atoms with Gasteiger partial charge >= 0.3 is 0 Å². The molecule has 0 radical (unpaired) electrons. The van der Waals surface area contributed by atoms with Gasteiger partial charge in [-0.3, -0.25) is 9.36 Å². The first kappa shape index (κ1) is 20.1. The lowest BCUT2D eigenvalue weighted by Crippen LogP contribution is -2.06. The van der Waals surface area contributed by atoms with Crippen LogP contribution in [0.15, 0.2) is 83.9 Å². The number of anilines is 1. The van der Waals surface area contributed by atoms with Crippen molar-refractivity contribution < 1.29 is 9.18 Å². The third-order valence-electron chi connectivity index (χ3n) is 5.04. The highest BCUT2D eigenvalue weighted by molar-refractivity contribution is 9.10. The molecular weight excluding hydrogens is 473 g/mol. The SMILES string of the molecule is CC(=O)Nc1cc(-c2ccc(F)cc2)cc(-n2cnc3cc(-n4cc(Br)cn4)ccc32)c1. The highest BCUT2D eigenvalue weighted by Gasteiger charge is 2.11. The van der Waals surface area contributed by atoms with Crippen LogP contribution in [0.2, 0.25) is 0 Å². The Morgan fingerprint density at radius 2 is 1.81 bits per heavy atom. The minimum Gasteiger partial charge on any atom is -0.326 e. The Hall–Kier alpha value is -3.78. The molecule has 0 aliphatic heterocycles. The first-order valence-electron chi connectivity index (χ1n) is 9.83. The molecule has 0 aliphatic rings. The van der Waals surface area contributed by atoms with E-state index in [1.165, 1.54) is 19.1 Å². The van der Waals surface area contributed by atoms with Crippen LogP contribution in [0.4, 0.5) is 10.1 Å². The van der Waals surface area contributed by atoms with Gasteiger partial charge in [0.25, 0.3) is 0 Å². The number of nitrogens with one attached hydrogen (secondary N) is 1. The van der Waals surface area contributed by atoms with Gasteiger partial charge in [-0.05, 0) is 75.6 Å². The predicted octanol–water partition coefficient (Wildman–Crippen LogP) is 5.74. The standard InChI is InChI=1S/C24H17BrFN5O/c1-15(32)29-20-8-17(16-2-4-19(26)5-3-16)9-22(10-20)30-14-27-23-11-21(6-7-24(23)30)31-13-18(25)12-28-31/h2-14H,1H3,(H,29,32). The number of fused-ring (bicyclic) bond motifs is 1.